The zero-order chi connectivity index (χ0) is 19.1. The maximum absolute atomic E-state index is 12.9. The van der Waals surface area contributed by atoms with Crippen molar-refractivity contribution in [3.05, 3.63) is 29.8 Å². The summed E-state index contributed by atoms with van der Waals surface area (Å²) < 4.78 is 0. The summed E-state index contributed by atoms with van der Waals surface area (Å²) in [6, 6.07) is 6.91. The number of rotatable bonds is 2. The molecule has 0 spiro atoms. The average Bonchev–Trinajstić information content (AvgIpc) is 2.92. The van der Waals surface area contributed by atoms with Crippen LogP contribution >= 0.6 is 31.9 Å². The lowest BCUT2D eigenvalue weighted by atomic mass is 9.81. The fraction of sp³-hybridized carbons (Fsp3) is 0.550. The van der Waals surface area contributed by atoms with Crippen molar-refractivity contribution in [3.8, 4) is 0 Å². The minimum absolute atomic E-state index is 0.0262. The van der Waals surface area contributed by atoms with Gasteiger partial charge >= 0.3 is 0 Å². The number of hydrogen-bond acceptors (Lipinski definition) is 3. The van der Waals surface area contributed by atoms with Crippen LogP contribution in [0.3, 0.4) is 0 Å². The van der Waals surface area contributed by atoms with Crippen molar-refractivity contribution >= 4 is 55.3 Å². The Morgan fingerprint density at radius 2 is 1.37 bits per heavy atom. The summed E-state index contributed by atoms with van der Waals surface area (Å²) in [6.07, 6.45) is 4.59. The van der Waals surface area contributed by atoms with Crippen LogP contribution in [-0.4, -0.2) is 45.4 Å². The van der Waals surface area contributed by atoms with Gasteiger partial charge in [-0.25, -0.2) is 0 Å². The first-order valence-electron chi connectivity index (χ1n) is 9.52. The zero-order valence-electron chi connectivity index (χ0n) is 14.9. The van der Waals surface area contributed by atoms with Crippen LogP contribution in [0, 0.1) is 11.8 Å². The van der Waals surface area contributed by atoms with Crippen LogP contribution in [-0.2, 0) is 9.59 Å². The highest BCUT2D eigenvalue weighted by Gasteiger charge is 2.52. The van der Waals surface area contributed by atoms with E-state index in [0.29, 0.717) is 24.1 Å². The van der Waals surface area contributed by atoms with E-state index >= 15 is 0 Å². The van der Waals surface area contributed by atoms with E-state index in [0.717, 1.165) is 25.9 Å². The van der Waals surface area contributed by atoms with Gasteiger partial charge in [-0.3, -0.25) is 19.3 Å². The number of fused-ring (bicyclic) bond motifs is 1. The summed E-state index contributed by atoms with van der Waals surface area (Å²) in [4.78, 5) is 41.9. The van der Waals surface area contributed by atoms with Crippen LogP contribution in [0.15, 0.2) is 24.3 Å². The molecule has 0 bridgehead atoms. The van der Waals surface area contributed by atoms with E-state index in [9.17, 15) is 14.4 Å². The van der Waals surface area contributed by atoms with Gasteiger partial charge < -0.3 is 4.90 Å². The van der Waals surface area contributed by atoms with Crippen LogP contribution in [0.1, 0.15) is 42.5 Å². The third kappa shape index (κ3) is 3.48. The molecule has 144 valence electrons. The Labute approximate surface area is 175 Å². The predicted molar refractivity (Wildman–Crippen MR) is 110 cm³/mol. The van der Waals surface area contributed by atoms with Gasteiger partial charge in [-0.15, -0.1) is 0 Å². The van der Waals surface area contributed by atoms with Gasteiger partial charge in [0.15, 0.2) is 0 Å². The number of imide groups is 1. The number of alkyl halides is 2. The van der Waals surface area contributed by atoms with Crippen molar-refractivity contribution in [1.82, 2.24) is 4.90 Å². The van der Waals surface area contributed by atoms with E-state index in [4.69, 9.17) is 0 Å². The molecular formula is C20H22Br2N2O3. The van der Waals surface area contributed by atoms with E-state index in [1.165, 1.54) is 11.3 Å². The van der Waals surface area contributed by atoms with Crippen molar-refractivity contribution in [3.63, 3.8) is 0 Å². The summed E-state index contributed by atoms with van der Waals surface area (Å²) in [6.45, 7) is 1.60. The molecule has 3 amide bonds. The second-order valence-electron chi connectivity index (χ2n) is 7.63. The Morgan fingerprint density at radius 1 is 0.852 bits per heavy atom. The van der Waals surface area contributed by atoms with Crippen molar-refractivity contribution in [2.75, 3.05) is 18.0 Å². The quantitative estimate of drug-likeness (QED) is 0.462. The number of carbonyl (C=O) groups excluding carboxylic acids is 3. The second-order valence-corrected chi connectivity index (χ2v) is 9.98. The molecule has 7 heteroatoms. The van der Waals surface area contributed by atoms with Gasteiger partial charge in [-0.2, -0.15) is 0 Å². The van der Waals surface area contributed by atoms with Crippen molar-refractivity contribution < 1.29 is 14.4 Å². The minimum Gasteiger partial charge on any atom is -0.339 e. The molecule has 0 aromatic heterocycles. The predicted octanol–water partition coefficient (Wildman–Crippen LogP) is 3.74. The summed E-state index contributed by atoms with van der Waals surface area (Å²) >= 11 is 7.21. The maximum Gasteiger partial charge on any atom is 0.253 e. The Hall–Kier alpha value is -1.21. The molecule has 2 saturated heterocycles. The molecule has 1 aliphatic carbocycles. The molecule has 2 heterocycles. The molecule has 1 aromatic carbocycles. The fourth-order valence-corrected chi connectivity index (χ4v) is 5.62. The Kier molecular flexibility index (Phi) is 5.43. The molecule has 2 aliphatic heterocycles. The number of carbonyl (C=O) groups is 3. The molecule has 3 fully saturated rings. The van der Waals surface area contributed by atoms with Gasteiger partial charge in [0.1, 0.15) is 0 Å². The highest BCUT2D eigenvalue weighted by molar-refractivity contribution is 9.12. The topological polar surface area (TPSA) is 57.7 Å². The van der Waals surface area contributed by atoms with Crippen molar-refractivity contribution in [2.45, 2.75) is 41.8 Å². The van der Waals surface area contributed by atoms with Gasteiger partial charge in [0.2, 0.25) is 11.8 Å². The Morgan fingerprint density at radius 3 is 1.89 bits per heavy atom. The molecule has 4 rings (SSSR count). The van der Waals surface area contributed by atoms with Crippen LogP contribution in [0.25, 0.3) is 0 Å². The lowest BCUT2D eigenvalue weighted by Gasteiger charge is -2.29. The molecule has 5 nitrogen and oxygen atoms in total. The standard InChI is InChI=1S/C20H22Br2N2O3/c21-16-10-14-15(11-17(16)22)20(27)24(19(14)26)13-6-4-12(5-7-13)18(25)23-8-2-1-3-9-23/h4-7,14-17H,1-3,8-11H2/t14-,15+,16-,17-/m0/s1. The monoisotopic (exact) mass is 496 g/mol. The molecule has 3 aliphatic rings. The van der Waals surface area contributed by atoms with Gasteiger partial charge in [-0.1, -0.05) is 31.9 Å². The number of amides is 3. The van der Waals surface area contributed by atoms with Gasteiger partial charge in [0.05, 0.1) is 17.5 Å². The lowest BCUT2D eigenvalue weighted by molar-refractivity contribution is -0.122. The van der Waals surface area contributed by atoms with Crippen LogP contribution in [0.2, 0.25) is 0 Å². The summed E-state index contributed by atoms with van der Waals surface area (Å²) in [7, 11) is 0. The molecule has 0 N–H and O–H groups in total. The lowest BCUT2D eigenvalue weighted by Crippen LogP contribution is -2.35. The van der Waals surface area contributed by atoms with Crippen LogP contribution in [0.4, 0.5) is 5.69 Å². The summed E-state index contributed by atoms with van der Waals surface area (Å²) in [5, 5.41) is 0. The zero-order valence-corrected chi connectivity index (χ0v) is 18.1. The van der Waals surface area contributed by atoms with E-state index in [-0.39, 0.29) is 39.2 Å². The summed E-state index contributed by atoms with van der Waals surface area (Å²) in [5.41, 5.74) is 1.17. The molecule has 4 atom stereocenters. The highest BCUT2D eigenvalue weighted by Crippen LogP contribution is 2.44. The number of nitrogens with zero attached hydrogens (tertiary/aromatic N) is 2. The minimum atomic E-state index is -0.259. The van der Waals surface area contributed by atoms with Gasteiger partial charge in [0.25, 0.3) is 5.91 Å². The van der Waals surface area contributed by atoms with Gasteiger partial charge in [0, 0.05) is 28.3 Å². The van der Waals surface area contributed by atoms with E-state index in [1.54, 1.807) is 24.3 Å². The van der Waals surface area contributed by atoms with E-state index in [2.05, 4.69) is 31.9 Å². The normalized spacial score (nSPS) is 31.2. The molecule has 0 radical (unpaired) electrons. The number of piperidine rings is 1. The molecule has 1 aromatic rings. The van der Waals surface area contributed by atoms with Crippen molar-refractivity contribution in [1.29, 1.82) is 0 Å². The Balaban J connectivity index is 1.53. The molecule has 0 unspecified atom stereocenters. The maximum atomic E-state index is 12.9. The number of hydrogen-bond donors (Lipinski definition) is 0. The van der Waals surface area contributed by atoms with Crippen LogP contribution < -0.4 is 4.90 Å². The van der Waals surface area contributed by atoms with Crippen molar-refractivity contribution in [2.24, 2.45) is 11.8 Å². The fourth-order valence-electron chi connectivity index (χ4n) is 4.38. The molecule has 27 heavy (non-hydrogen) atoms. The third-order valence-electron chi connectivity index (χ3n) is 5.93. The van der Waals surface area contributed by atoms with Gasteiger partial charge in [-0.05, 0) is 56.4 Å². The summed E-state index contributed by atoms with van der Waals surface area (Å²) in [5.74, 6) is -0.734. The number of benzene rings is 1. The Bertz CT molecular complexity index is 733. The van der Waals surface area contributed by atoms with Crippen LogP contribution in [0.5, 0.6) is 0 Å². The number of halogens is 2. The highest BCUT2D eigenvalue weighted by atomic mass is 79.9. The molecule has 1 saturated carbocycles. The first-order chi connectivity index (χ1) is 13.0. The number of anilines is 1. The largest absolute Gasteiger partial charge is 0.339 e. The third-order valence-corrected chi connectivity index (χ3v) is 8.66. The first kappa shape index (κ1) is 19.1. The SMILES string of the molecule is O=C(c1ccc(N2C(=O)[C@H]3C[C@H](Br)[C@@H](Br)C[C@H]3C2=O)cc1)N1CCCCC1. The first-order valence-corrected chi connectivity index (χ1v) is 11.4. The second kappa shape index (κ2) is 7.66. The molecular weight excluding hydrogens is 476 g/mol. The smallest absolute Gasteiger partial charge is 0.253 e. The van der Waals surface area contributed by atoms with E-state index < -0.39 is 0 Å². The van der Waals surface area contributed by atoms with E-state index in [1.807, 2.05) is 4.90 Å². The number of likely N-dealkylation sites (tertiary alicyclic amines) is 1. The average molecular weight is 498 g/mol.